The smallest absolute Gasteiger partial charge is 0.0547 e. The van der Waals surface area contributed by atoms with Crippen molar-refractivity contribution in [3.8, 4) is 0 Å². The third-order valence-corrected chi connectivity index (χ3v) is 12.9. The molecule has 3 aliphatic rings. The Labute approximate surface area is 150 Å². The molecular formula is C23H36Si. The molecule has 7 atom stereocenters. The molecule has 0 N–H and O–H groups in total. The van der Waals surface area contributed by atoms with Crippen LogP contribution in [0, 0.1) is 29.6 Å². The van der Waals surface area contributed by atoms with E-state index in [1.807, 2.05) is 0 Å². The van der Waals surface area contributed by atoms with Gasteiger partial charge in [-0.2, -0.15) is 0 Å². The van der Waals surface area contributed by atoms with Gasteiger partial charge in [0, 0.05) is 0 Å². The summed E-state index contributed by atoms with van der Waals surface area (Å²) in [6, 6.07) is 0. The molecule has 0 aromatic rings. The molecule has 1 heteroatoms. The molecule has 0 aromatic carbocycles. The summed E-state index contributed by atoms with van der Waals surface area (Å²) < 4.78 is 0. The molecule has 3 aliphatic carbocycles. The van der Waals surface area contributed by atoms with Crippen LogP contribution in [0.25, 0.3) is 0 Å². The first kappa shape index (κ1) is 18.0. The Bertz CT molecular complexity index is 550. The number of allylic oxidation sites excluding steroid dienone is 8. The second kappa shape index (κ2) is 7.20. The summed E-state index contributed by atoms with van der Waals surface area (Å²) in [6.45, 7) is 12.8. The summed E-state index contributed by atoms with van der Waals surface area (Å²) in [5.41, 5.74) is 1.78. The van der Waals surface area contributed by atoms with E-state index in [2.05, 4.69) is 82.5 Å². The predicted molar refractivity (Wildman–Crippen MR) is 110 cm³/mol. The zero-order chi connectivity index (χ0) is 17.3. The molecule has 0 bridgehead atoms. The van der Waals surface area contributed by atoms with Crippen LogP contribution in [-0.2, 0) is 0 Å². The van der Waals surface area contributed by atoms with Crippen LogP contribution in [0.1, 0.15) is 40.0 Å². The molecule has 0 amide bonds. The van der Waals surface area contributed by atoms with Crippen molar-refractivity contribution in [1.82, 2.24) is 0 Å². The topological polar surface area (TPSA) is 0 Å². The van der Waals surface area contributed by atoms with Gasteiger partial charge in [-0.15, -0.1) is 0 Å². The maximum atomic E-state index is 2.70. The molecular weight excluding hydrogens is 304 g/mol. The van der Waals surface area contributed by atoms with Gasteiger partial charge < -0.3 is 0 Å². The van der Waals surface area contributed by atoms with Gasteiger partial charge in [-0.1, -0.05) is 88.9 Å². The second-order valence-electron chi connectivity index (χ2n) is 9.16. The molecule has 132 valence electrons. The maximum Gasteiger partial charge on any atom is 0.0547 e. The molecule has 0 aromatic heterocycles. The Kier molecular flexibility index (Phi) is 5.39. The highest BCUT2D eigenvalue weighted by Gasteiger charge is 2.51. The molecule has 1 fully saturated rings. The summed E-state index contributed by atoms with van der Waals surface area (Å²) >= 11 is 0. The molecule has 3 rings (SSSR count). The summed E-state index contributed by atoms with van der Waals surface area (Å²) in [5, 5.41) is 0. The number of hydrogen-bond acceptors (Lipinski definition) is 0. The lowest BCUT2D eigenvalue weighted by Gasteiger charge is -2.45. The van der Waals surface area contributed by atoms with Crippen molar-refractivity contribution in [3.63, 3.8) is 0 Å². The lowest BCUT2D eigenvalue weighted by atomic mass is 9.83. The van der Waals surface area contributed by atoms with E-state index in [0.29, 0.717) is 0 Å². The van der Waals surface area contributed by atoms with Crippen molar-refractivity contribution in [1.29, 1.82) is 0 Å². The van der Waals surface area contributed by atoms with E-state index in [1.54, 1.807) is 0 Å². The van der Waals surface area contributed by atoms with Crippen LogP contribution < -0.4 is 0 Å². The van der Waals surface area contributed by atoms with E-state index in [4.69, 9.17) is 0 Å². The summed E-state index contributed by atoms with van der Waals surface area (Å²) in [4.78, 5) is 0. The third kappa shape index (κ3) is 3.17. The maximum absolute atomic E-state index is 2.70. The monoisotopic (exact) mass is 340 g/mol. The Morgan fingerprint density at radius 1 is 1.00 bits per heavy atom. The van der Waals surface area contributed by atoms with Crippen molar-refractivity contribution in [2.45, 2.75) is 64.2 Å². The minimum atomic E-state index is -1.37. The lowest BCUT2D eigenvalue weighted by Crippen LogP contribution is -2.45. The van der Waals surface area contributed by atoms with Gasteiger partial charge in [-0.3, -0.25) is 0 Å². The zero-order valence-corrected chi connectivity index (χ0v) is 17.3. The third-order valence-electron chi connectivity index (χ3n) is 7.50. The normalized spacial score (nSPS) is 39.2. The summed E-state index contributed by atoms with van der Waals surface area (Å²) in [6.07, 6.45) is 23.3. The number of fused-ring (bicyclic) bond motifs is 1. The zero-order valence-electron chi connectivity index (χ0n) is 16.3. The molecule has 0 heterocycles. The lowest BCUT2D eigenvalue weighted by molar-refractivity contribution is 0.409. The average Bonchev–Trinajstić information content (AvgIpc) is 2.91. The van der Waals surface area contributed by atoms with Gasteiger partial charge in [0.15, 0.2) is 0 Å². The van der Waals surface area contributed by atoms with Crippen LogP contribution in [-0.4, -0.2) is 8.07 Å². The SMILES string of the molecule is CCCC1C=CC=CC1C(C)[Si](C)(C)C1C(C)CC2C=CC=CC21. The van der Waals surface area contributed by atoms with Gasteiger partial charge in [0.25, 0.3) is 0 Å². The summed E-state index contributed by atoms with van der Waals surface area (Å²) in [7, 11) is -1.37. The Balaban J connectivity index is 1.83. The number of hydrogen-bond donors (Lipinski definition) is 0. The van der Waals surface area contributed by atoms with Crippen molar-refractivity contribution >= 4 is 8.07 Å². The Hall–Kier alpha value is -0.823. The molecule has 0 saturated heterocycles. The summed E-state index contributed by atoms with van der Waals surface area (Å²) in [5.74, 6) is 4.01. The van der Waals surface area contributed by atoms with E-state index in [9.17, 15) is 0 Å². The first-order chi connectivity index (χ1) is 11.5. The highest BCUT2D eigenvalue weighted by Crippen LogP contribution is 2.57. The minimum Gasteiger partial charge on any atom is -0.0809 e. The van der Waals surface area contributed by atoms with Crippen molar-refractivity contribution in [3.05, 3.63) is 48.6 Å². The Morgan fingerprint density at radius 2 is 1.67 bits per heavy atom. The van der Waals surface area contributed by atoms with E-state index >= 15 is 0 Å². The van der Waals surface area contributed by atoms with Crippen LogP contribution >= 0.6 is 0 Å². The average molecular weight is 341 g/mol. The standard InChI is InChI=1S/C23H36Si/c1-6-11-19-12-7-9-14-21(19)18(3)24(4,5)23-17(2)16-20-13-8-10-15-22(20)23/h7-10,12-15,17-23H,6,11,16H2,1-5H3. The quantitative estimate of drug-likeness (QED) is 0.472. The van der Waals surface area contributed by atoms with Gasteiger partial charge in [0.05, 0.1) is 8.07 Å². The van der Waals surface area contributed by atoms with Crippen molar-refractivity contribution in [2.24, 2.45) is 29.6 Å². The van der Waals surface area contributed by atoms with Gasteiger partial charge in [-0.05, 0) is 53.5 Å². The van der Waals surface area contributed by atoms with Crippen LogP contribution in [0.5, 0.6) is 0 Å². The van der Waals surface area contributed by atoms with Gasteiger partial charge >= 0.3 is 0 Å². The molecule has 1 saturated carbocycles. The molecule has 7 unspecified atom stereocenters. The highest BCUT2D eigenvalue weighted by atomic mass is 28.3. The fourth-order valence-corrected chi connectivity index (χ4v) is 11.0. The number of rotatable bonds is 5. The Morgan fingerprint density at radius 3 is 2.42 bits per heavy atom. The van der Waals surface area contributed by atoms with E-state index in [-0.39, 0.29) is 0 Å². The first-order valence-corrected chi connectivity index (χ1v) is 13.3. The van der Waals surface area contributed by atoms with Crippen molar-refractivity contribution in [2.75, 3.05) is 0 Å². The molecule has 0 nitrogen and oxygen atoms in total. The molecule has 24 heavy (non-hydrogen) atoms. The largest absolute Gasteiger partial charge is 0.0809 e. The van der Waals surface area contributed by atoms with Crippen LogP contribution in [0.3, 0.4) is 0 Å². The van der Waals surface area contributed by atoms with E-state index in [1.165, 1.54) is 19.3 Å². The second-order valence-corrected chi connectivity index (χ2v) is 14.4. The van der Waals surface area contributed by atoms with Crippen molar-refractivity contribution < 1.29 is 0 Å². The van der Waals surface area contributed by atoms with E-state index in [0.717, 1.165) is 40.7 Å². The minimum absolute atomic E-state index is 0.756. The molecule has 0 spiro atoms. The first-order valence-electron chi connectivity index (χ1n) is 10.2. The fourth-order valence-electron chi connectivity index (χ4n) is 6.11. The van der Waals surface area contributed by atoms with Gasteiger partial charge in [-0.25, -0.2) is 0 Å². The van der Waals surface area contributed by atoms with Gasteiger partial charge in [0.1, 0.15) is 0 Å². The van der Waals surface area contributed by atoms with Crippen LogP contribution in [0.2, 0.25) is 24.2 Å². The highest BCUT2D eigenvalue weighted by molar-refractivity contribution is 6.80. The molecule has 0 radical (unpaired) electrons. The fraction of sp³-hybridized carbons (Fsp3) is 0.652. The van der Waals surface area contributed by atoms with Gasteiger partial charge in [0.2, 0.25) is 0 Å². The van der Waals surface area contributed by atoms with E-state index < -0.39 is 8.07 Å². The predicted octanol–water partition coefficient (Wildman–Crippen LogP) is 7.01. The van der Waals surface area contributed by atoms with Crippen LogP contribution in [0.15, 0.2) is 48.6 Å². The molecule has 0 aliphatic heterocycles. The van der Waals surface area contributed by atoms with Crippen LogP contribution in [0.4, 0.5) is 0 Å².